The molecule has 5 rings (SSSR count). The molecule has 0 saturated heterocycles. The number of para-hydroxylation sites is 2. The van der Waals surface area contributed by atoms with E-state index in [9.17, 15) is 4.91 Å². The maximum absolute atomic E-state index is 12.0. The maximum Gasteiger partial charge on any atom is 0.115 e. The number of thioether (sulfide) groups is 1. The van der Waals surface area contributed by atoms with Crippen molar-refractivity contribution in [3.63, 3.8) is 0 Å². The van der Waals surface area contributed by atoms with Crippen LogP contribution in [0.2, 0.25) is 0 Å². The number of benzene rings is 5. The fourth-order valence-electron chi connectivity index (χ4n) is 5.55. The second-order valence-electron chi connectivity index (χ2n) is 13.9. The monoisotopic (exact) mass is 642 g/mol. The standard InChI is InChI=1S/C41H46N4OS/c1-40(2,3)37-27-30(28-38(39(37)44-46)41(4,5)6)25-26-47-29-45(35-21-17-33(18-22-35)42-31-13-9-7-10-14-31)36-23-19-34(20-24-36)43-32-15-11-8-12-16-32/h7-24,27-28,42-43H,25-26,29H2,1-6H3. The van der Waals surface area contributed by atoms with Crippen molar-refractivity contribution < 1.29 is 0 Å². The highest BCUT2D eigenvalue weighted by Crippen LogP contribution is 2.41. The van der Waals surface area contributed by atoms with Crippen LogP contribution >= 0.6 is 11.8 Å². The van der Waals surface area contributed by atoms with Crippen LogP contribution in [0.4, 0.5) is 39.8 Å². The van der Waals surface area contributed by atoms with E-state index in [2.05, 4.69) is 147 Å². The van der Waals surface area contributed by atoms with Crippen molar-refractivity contribution in [2.24, 2.45) is 5.18 Å². The van der Waals surface area contributed by atoms with Crippen molar-refractivity contribution >= 4 is 51.6 Å². The molecule has 0 heterocycles. The van der Waals surface area contributed by atoms with Gasteiger partial charge < -0.3 is 15.5 Å². The Balaban J connectivity index is 1.34. The predicted octanol–water partition coefficient (Wildman–Crippen LogP) is 12.2. The Kier molecular flexibility index (Phi) is 10.7. The highest BCUT2D eigenvalue weighted by atomic mass is 32.2. The molecule has 0 saturated carbocycles. The highest BCUT2D eigenvalue weighted by Gasteiger charge is 2.27. The minimum absolute atomic E-state index is 0.174. The van der Waals surface area contributed by atoms with E-state index >= 15 is 0 Å². The first-order valence-corrected chi connectivity index (χ1v) is 17.4. The molecule has 0 aliphatic carbocycles. The number of aryl methyl sites for hydroxylation is 1. The van der Waals surface area contributed by atoms with Crippen LogP contribution < -0.4 is 15.5 Å². The van der Waals surface area contributed by atoms with Crippen LogP contribution in [0.15, 0.2) is 127 Å². The SMILES string of the molecule is CC(C)(C)c1cc(CCSCN(c2ccc(Nc3ccccc3)cc2)c2ccc(Nc3ccccc3)cc2)cc(C(C)(C)C)c1N=O. The first kappa shape index (κ1) is 33.8. The summed E-state index contributed by atoms with van der Waals surface area (Å²) in [6.07, 6.45) is 0.906. The van der Waals surface area contributed by atoms with E-state index in [0.29, 0.717) is 5.69 Å². The van der Waals surface area contributed by atoms with Gasteiger partial charge in [-0.15, -0.1) is 16.7 Å². The summed E-state index contributed by atoms with van der Waals surface area (Å²) in [5, 5.41) is 10.5. The van der Waals surface area contributed by atoms with Gasteiger partial charge in [0.1, 0.15) is 5.69 Å². The van der Waals surface area contributed by atoms with E-state index in [0.717, 1.165) is 63.3 Å². The van der Waals surface area contributed by atoms with Gasteiger partial charge in [0.25, 0.3) is 0 Å². The summed E-state index contributed by atoms with van der Waals surface area (Å²) < 4.78 is 0. The Hall–Kier alpha value is -4.55. The van der Waals surface area contributed by atoms with Gasteiger partial charge in [0.05, 0.1) is 5.88 Å². The fraction of sp³-hybridized carbons (Fsp3) is 0.268. The number of rotatable bonds is 12. The molecule has 0 amide bonds. The number of nitroso groups, excluding NO2 is 1. The Labute approximate surface area is 284 Å². The van der Waals surface area contributed by atoms with E-state index in [1.54, 1.807) is 0 Å². The number of hydrogen-bond acceptors (Lipinski definition) is 6. The van der Waals surface area contributed by atoms with Crippen LogP contribution in [0.5, 0.6) is 0 Å². The summed E-state index contributed by atoms with van der Waals surface area (Å²) in [6, 6.07) is 42.1. The van der Waals surface area contributed by atoms with E-state index in [1.807, 2.05) is 48.2 Å². The molecule has 242 valence electrons. The van der Waals surface area contributed by atoms with Crippen molar-refractivity contribution in [1.82, 2.24) is 0 Å². The van der Waals surface area contributed by atoms with Gasteiger partial charge in [-0.3, -0.25) is 0 Å². The third-order valence-corrected chi connectivity index (χ3v) is 9.05. The molecule has 0 fully saturated rings. The molecule has 2 N–H and O–H groups in total. The molecule has 0 bridgehead atoms. The third kappa shape index (κ3) is 9.05. The Morgan fingerprint density at radius 1 is 0.596 bits per heavy atom. The topological polar surface area (TPSA) is 56.7 Å². The van der Waals surface area contributed by atoms with Gasteiger partial charge in [-0.2, -0.15) is 0 Å². The lowest BCUT2D eigenvalue weighted by Crippen LogP contribution is -2.18. The molecule has 0 radical (unpaired) electrons. The molecule has 0 aliphatic heterocycles. The Morgan fingerprint density at radius 2 is 1.00 bits per heavy atom. The Morgan fingerprint density at radius 3 is 1.38 bits per heavy atom. The van der Waals surface area contributed by atoms with E-state index < -0.39 is 0 Å². The maximum atomic E-state index is 12.0. The summed E-state index contributed by atoms with van der Waals surface area (Å²) in [5.74, 6) is 1.74. The number of hydrogen-bond donors (Lipinski definition) is 2. The van der Waals surface area contributed by atoms with Crippen LogP contribution in [-0.4, -0.2) is 11.6 Å². The number of anilines is 6. The van der Waals surface area contributed by atoms with Gasteiger partial charge in [0, 0.05) is 34.1 Å². The fourth-order valence-corrected chi connectivity index (χ4v) is 6.54. The molecule has 47 heavy (non-hydrogen) atoms. The van der Waals surface area contributed by atoms with Crippen molar-refractivity contribution in [3.05, 3.63) is 143 Å². The summed E-state index contributed by atoms with van der Waals surface area (Å²) in [4.78, 5) is 14.4. The average Bonchev–Trinajstić information content (AvgIpc) is 3.05. The van der Waals surface area contributed by atoms with Crippen molar-refractivity contribution in [2.45, 2.75) is 58.8 Å². The summed E-state index contributed by atoms with van der Waals surface area (Å²) in [5.41, 5.74) is 10.0. The second-order valence-corrected chi connectivity index (χ2v) is 15.0. The summed E-state index contributed by atoms with van der Waals surface area (Å²) in [7, 11) is 0. The van der Waals surface area contributed by atoms with Crippen LogP contribution in [0.25, 0.3) is 0 Å². The minimum atomic E-state index is -0.174. The zero-order chi connectivity index (χ0) is 33.4. The summed E-state index contributed by atoms with van der Waals surface area (Å²) >= 11 is 1.91. The van der Waals surface area contributed by atoms with Crippen LogP contribution in [-0.2, 0) is 17.3 Å². The third-order valence-electron chi connectivity index (χ3n) is 8.12. The lowest BCUT2D eigenvalue weighted by molar-refractivity contribution is 0.569. The van der Waals surface area contributed by atoms with Gasteiger partial charge in [0.2, 0.25) is 0 Å². The van der Waals surface area contributed by atoms with E-state index in [4.69, 9.17) is 0 Å². The molecular weight excluding hydrogens is 597 g/mol. The lowest BCUT2D eigenvalue weighted by atomic mass is 9.77. The molecule has 0 aliphatic rings. The average molecular weight is 643 g/mol. The molecule has 5 aromatic rings. The summed E-state index contributed by atoms with van der Waals surface area (Å²) in [6.45, 7) is 12.9. The second kappa shape index (κ2) is 14.9. The predicted molar refractivity (Wildman–Crippen MR) is 205 cm³/mol. The Bertz CT molecular complexity index is 1620. The van der Waals surface area contributed by atoms with Crippen LogP contribution in [0, 0.1) is 4.91 Å². The largest absolute Gasteiger partial charge is 0.356 e. The first-order valence-electron chi connectivity index (χ1n) is 16.2. The van der Waals surface area contributed by atoms with Gasteiger partial charge in [0.15, 0.2) is 0 Å². The number of nitrogens with zero attached hydrogens (tertiary/aromatic N) is 2. The van der Waals surface area contributed by atoms with Gasteiger partial charge >= 0.3 is 0 Å². The lowest BCUT2D eigenvalue weighted by Gasteiger charge is -2.28. The van der Waals surface area contributed by atoms with Crippen molar-refractivity contribution in [3.8, 4) is 0 Å². The molecule has 0 spiro atoms. The zero-order valence-electron chi connectivity index (χ0n) is 28.4. The van der Waals surface area contributed by atoms with Crippen LogP contribution in [0.1, 0.15) is 58.2 Å². The smallest absolute Gasteiger partial charge is 0.115 e. The molecular formula is C41H46N4OS. The zero-order valence-corrected chi connectivity index (χ0v) is 29.2. The van der Waals surface area contributed by atoms with Gasteiger partial charge in [-0.05, 0) is 118 Å². The normalized spacial score (nSPS) is 11.6. The van der Waals surface area contributed by atoms with Crippen molar-refractivity contribution in [2.75, 3.05) is 27.2 Å². The molecule has 5 nitrogen and oxygen atoms in total. The first-order chi connectivity index (χ1) is 22.5. The molecule has 0 atom stereocenters. The van der Waals surface area contributed by atoms with E-state index in [-0.39, 0.29) is 10.8 Å². The van der Waals surface area contributed by atoms with E-state index in [1.165, 1.54) is 5.56 Å². The molecule has 6 heteroatoms. The molecule has 5 aromatic carbocycles. The number of nitrogens with one attached hydrogen (secondary N) is 2. The quantitative estimate of drug-likeness (QED) is 0.0805. The molecule has 0 aromatic heterocycles. The van der Waals surface area contributed by atoms with Crippen molar-refractivity contribution in [1.29, 1.82) is 0 Å². The van der Waals surface area contributed by atoms with Crippen LogP contribution in [0.3, 0.4) is 0 Å². The van der Waals surface area contributed by atoms with Gasteiger partial charge in [-0.1, -0.05) is 90.1 Å². The van der Waals surface area contributed by atoms with Gasteiger partial charge in [-0.25, -0.2) is 0 Å². The minimum Gasteiger partial charge on any atom is -0.356 e. The highest BCUT2D eigenvalue weighted by molar-refractivity contribution is 7.99. The molecule has 0 unspecified atom stereocenters.